The molecular formula is C32H31N3O5S. The van der Waals surface area contributed by atoms with E-state index in [1.807, 2.05) is 54.3 Å². The molecule has 0 saturated carbocycles. The molecule has 2 saturated heterocycles. The minimum atomic E-state index is -0.564. The Balaban J connectivity index is 1.29. The summed E-state index contributed by atoms with van der Waals surface area (Å²) in [6.07, 6.45) is 4.79. The molecule has 8 nitrogen and oxygen atoms in total. The molecule has 0 bridgehead atoms. The van der Waals surface area contributed by atoms with Gasteiger partial charge in [-0.2, -0.15) is 0 Å². The second kappa shape index (κ2) is 12.3. The lowest BCUT2D eigenvalue weighted by molar-refractivity contribution is -0.122. The number of aryl methyl sites for hydroxylation is 1. The van der Waals surface area contributed by atoms with Crippen LogP contribution in [0.25, 0.3) is 6.08 Å². The zero-order valence-electron chi connectivity index (χ0n) is 23.0. The Morgan fingerprint density at radius 3 is 2.41 bits per heavy atom. The first-order valence-electron chi connectivity index (χ1n) is 13.5. The molecule has 3 aromatic rings. The standard InChI is InChI=1S/C32H31N3O5S/c1-21-8-4-5-9-26(21)35-31(38)25(29(36)33-32(35)41)18-23-12-15-27(28(19-23)39-2)40-20-22-10-13-24(14-11-22)30(37)34-16-6-3-7-17-34/h4-5,8-15,18-19H,3,6-7,16-17,20H2,1-2H3,(H,33,36,41)/b25-18+. The molecular weight excluding hydrogens is 538 g/mol. The summed E-state index contributed by atoms with van der Waals surface area (Å²) in [5.41, 5.74) is 3.59. The van der Waals surface area contributed by atoms with E-state index in [1.54, 1.807) is 24.3 Å². The maximum atomic E-state index is 13.4. The fourth-order valence-electron chi connectivity index (χ4n) is 4.93. The van der Waals surface area contributed by atoms with Gasteiger partial charge >= 0.3 is 0 Å². The van der Waals surface area contributed by atoms with Gasteiger partial charge in [-0.15, -0.1) is 0 Å². The smallest absolute Gasteiger partial charge is 0.270 e. The summed E-state index contributed by atoms with van der Waals surface area (Å²) >= 11 is 5.31. The first-order valence-corrected chi connectivity index (χ1v) is 13.9. The van der Waals surface area contributed by atoms with Gasteiger partial charge in [0.15, 0.2) is 16.6 Å². The third-order valence-electron chi connectivity index (χ3n) is 7.20. The number of hydrogen-bond acceptors (Lipinski definition) is 6. The Labute approximate surface area is 244 Å². The molecule has 2 aliphatic heterocycles. The van der Waals surface area contributed by atoms with Crippen LogP contribution in [0.15, 0.2) is 72.3 Å². The highest BCUT2D eigenvalue weighted by Gasteiger charge is 2.35. The SMILES string of the molecule is COc1cc(/C=C2\C(=O)NC(=S)N(c3ccccc3C)C2=O)ccc1OCc1ccc(C(=O)N2CCCCC2)cc1. The average Bonchev–Trinajstić information content (AvgIpc) is 2.99. The first-order chi connectivity index (χ1) is 19.9. The maximum absolute atomic E-state index is 13.4. The second-order valence-electron chi connectivity index (χ2n) is 9.99. The van der Waals surface area contributed by atoms with Crippen molar-refractivity contribution in [1.82, 2.24) is 10.2 Å². The average molecular weight is 570 g/mol. The van der Waals surface area contributed by atoms with Crippen molar-refractivity contribution in [3.8, 4) is 11.5 Å². The van der Waals surface area contributed by atoms with Crippen LogP contribution in [0.3, 0.4) is 0 Å². The van der Waals surface area contributed by atoms with E-state index in [1.165, 1.54) is 24.5 Å². The number of benzene rings is 3. The number of nitrogens with zero attached hydrogens (tertiary/aromatic N) is 2. The van der Waals surface area contributed by atoms with Gasteiger partial charge in [-0.3, -0.25) is 24.6 Å². The Morgan fingerprint density at radius 2 is 1.71 bits per heavy atom. The lowest BCUT2D eigenvalue weighted by Crippen LogP contribution is -2.54. The van der Waals surface area contributed by atoms with E-state index in [9.17, 15) is 14.4 Å². The van der Waals surface area contributed by atoms with Gasteiger partial charge in [0.2, 0.25) is 0 Å². The Bertz CT molecular complexity index is 1530. The van der Waals surface area contributed by atoms with Crippen LogP contribution in [-0.4, -0.2) is 47.9 Å². The van der Waals surface area contributed by atoms with E-state index in [0.29, 0.717) is 28.3 Å². The van der Waals surface area contributed by atoms with Crippen molar-refractivity contribution >= 4 is 46.8 Å². The highest BCUT2D eigenvalue weighted by Crippen LogP contribution is 2.31. The number of hydrogen-bond donors (Lipinski definition) is 1. The van der Waals surface area contributed by atoms with Gasteiger partial charge in [-0.1, -0.05) is 36.4 Å². The third-order valence-corrected chi connectivity index (χ3v) is 7.48. The normalized spacial score (nSPS) is 16.5. The zero-order valence-corrected chi connectivity index (χ0v) is 23.8. The number of likely N-dealkylation sites (tertiary alicyclic amines) is 1. The van der Waals surface area contributed by atoms with Crippen LogP contribution in [0, 0.1) is 6.92 Å². The maximum Gasteiger partial charge on any atom is 0.270 e. The monoisotopic (exact) mass is 569 g/mol. The molecule has 3 amide bonds. The van der Waals surface area contributed by atoms with E-state index in [2.05, 4.69) is 5.32 Å². The molecule has 41 heavy (non-hydrogen) atoms. The molecule has 2 fully saturated rings. The zero-order chi connectivity index (χ0) is 28.9. The first kappa shape index (κ1) is 28.0. The number of nitrogens with one attached hydrogen (secondary N) is 1. The summed E-state index contributed by atoms with van der Waals surface area (Å²) in [7, 11) is 1.52. The number of rotatable bonds is 7. The molecule has 3 aromatic carbocycles. The van der Waals surface area contributed by atoms with Crippen molar-refractivity contribution in [3.63, 3.8) is 0 Å². The number of amides is 3. The number of ether oxygens (including phenoxy) is 2. The number of carbonyl (C=O) groups is 3. The fraction of sp³-hybridized carbons (Fsp3) is 0.250. The minimum absolute atomic E-state index is 0.0386. The summed E-state index contributed by atoms with van der Waals surface area (Å²) in [5.74, 6) is -0.0464. The topological polar surface area (TPSA) is 88.2 Å². The van der Waals surface area contributed by atoms with Gasteiger partial charge in [0.05, 0.1) is 12.8 Å². The van der Waals surface area contributed by atoms with Crippen molar-refractivity contribution in [3.05, 3.63) is 94.6 Å². The Hall–Kier alpha value is -4.50. The number of piperidine rings is 1. The van der Waals surface area contributed by atoms with Gasteiger partial charge in [0, 0.05) is 18.7 Å². The molecule has 2 aliphatic rings. The summed E-state index contributed by atoms with van der Waals surface area (Å²) < 4.78 is 11.5. The van der Waals surface area contributed by atoms with Gasteiger partial charge < -0.3 is 14.4 Å². The second-order valence-corrected chi connectivity index (χ2v) is 10.4. The largest absolute Gasteiger partial charge is 0.493 e. The molecule has 0 atom stereocenters. The molecule has 9 heteroatoms. The van der Waals surface area contributed by atoms with Crippen molar-refractivity contribution in [1.29, 1.82) is 0 Å². The van der Waals surface area contributed by atoms with Crippen LogP contribution >= 0.6 is 12.2 Å². The van der Waals surface area contributed by atoms with Crippen LogP contribution in [0.4, 0.5) is 5.69 Å². The number of carbonyl (C=O) groups excluding carboxylic acids is 3. The summed E-state index contributed by atoms with van der Waals surface area (Å²) in [4.78, 5) is 42.1. The van der Waals surface area contributed by atoms with E-state index in [0.717, 1.165) is 37.1 Å². The molecule has 2 heterocycles. The van der Waals surface area contributed by atoms with E-state index < -0.39 is 11.8 Å². The lowest BCUT2D eigenvalue weighted by Gasteiger charge is -2.30. The molecule has 0 aliphatic carbocycles. The molecule has 1 N–H and O–H groups in total. The van der Waals surface area contributed by atoms with Gasteiger partial charge in [-0.25, -0.2) is 0 Å². The van der Waals surface area contributed by atoms with Crippen LogP contribution in [0.5, 0.6) is 11.5 Å². The van der Waals surface area contributed by atoms with Crippen molar-refractivity contribution in [2.45, 2.75) is 32.8 Å². The number of methoxy groups -OCH3 is 1. The van der Waals surface area contributed by atoms with Crippen molar-refractivity contribution in [2.24, 2.45) is 0 Å². The highest BCUT2D eigenvalue weighted by molar-refractivity contribution is 7.80. The van der Waals surface area contributed by atoms with E-state index in [-0.39, 0.29) is 23.2 Å². The molecule has 0 aromatic heterocycles. The highest BCUT2D eigenvalue weighted by atomic mass is 32.1. The molecule has 0 spiro atoms. The third kappa shape index (κ3) is 6.15. The van der Waals surface area contributed by atoms with Crippen LogP contribution in [-0.2, 0) is 16.2 Å². The number of anilines is 1. The van der Waals surface area contributed by atoms with E-state index in [4.69, 9.17) is 21.7 Å². The molecule has 0 radical (unpaired) electrons. The Kier molecular flexibility index (Phi) is 8.45. The van der Waals surface area contributed by atoms with Gasteiger partial charge in [-0.05, 0) is 91.5 Å². The summed E-state index contributed by atoms with van der Waals surface area (Å²) in [6.45, 7) is 3.78. The van der Waals surface area contributed by atoms with Crippen molar-refractivity contribution in [2.75, 3.05) is 25.1 Å². The van der Waals surface area contributed by atoms with Crippen LogP contribution < -0.4 is 19.7 Å². The van der Waals surface area contributed by atoms with Gasteiger partial charge in [0.1, 0.15) is 12.2 Å². The predicted molar refractivity (Wildman–Crippen MR) is 161 cm³/mol. The van der Waals surface area contributed by atoms with Crippen LogP contribution in [0.2, 0.25) is 0 Å². The number of para-hydroxylation sites is 1. The fourth-order valence-corrected chi connectivity index (χ4v) is 5.21. The molecule has 0 unspecified atom stereocenters. The quantitative estimate of drug-likeness (QED) is 0.244. The summed E-state index contributed by atoms with van der Waals surface area (Å²) in [5, 5.41) is 2.65. The van der Waals surface area contributed by atoms with E-state index >= 15 is 0 Å². The minimum Gasteiger partial charge on any atom is -0.493 e. The molecule has 5 rings (SSSR count). The lowest BCUT2D eigenvalue weighted by atomic mass is 10.1. The van der Waals surface area contributed by atoms with Crippen LogP contribution in [0.1, 0.15) is 46.3 Å². The predicted octanol–water partition coefficient (Wildman–Crippen LogP) is 5.04. The van der Waals surface area contributed by atoms with Gasteiger partial charge in [0.25, 0.3) is 17.7 Å². The number of thiocarbonyl (C=S) groups is 1. The molecule has 210 valence electrons. The Morgan fingerprint density at radius 1 is 0.976 bits per heavy atom. The van der Waals surface area contributed by atoms with Crippen molar-refractivity contribution < 1.29 is 23.9 Å². The summed E-state index contributed by atoms with van der Waals surface area (Å²) in [6, 6.07) is 20.0.